The highest BCUT2D eigenvalue weighted by atomic mass is 16.5. The monoisotopic (exact) mass is 274 g/mol. The Bertz CT molecular complexity index is 465. The molecule has 1 aliphatic rings. The molecule has 0 aromatic heterocycles. The molecule has 1 aromatic rings. The van der Waals surface area contributed by atoms with Gasteiger partial charge in [-0.15, -0.1) is 6.58 Å². The zero-order valence-corrected chi connectivity index (χ0v) is 12.0. The maximum absolute atomic E-state index is 12.3. The van der Waals surface area contributed by atoms with Crippen LogP contribution in [0.5, 0.6) is 5.75 Å². The number of piperazine rings is 1. The third-order valence-corrected chi connectivity index (χ3v) is 3.65. The molecule has 0 aliphatic carbocycles. The standard InChI is InChI=1S/C16H22N2O2/c1-3-8-17-9-11-18(12-10-17)16(19)13-14-6-4-5-7-15(14)20-2/h3-7H,1,8-13H2,2H3. The lowest BCUT2D eigenvalue weighted by molar-refractivity contribution is -0.132. The second-order valence-electron chi connectivity index (χ2n) is 4.96. The maximum atomic E-state index is 12.3. The van der Waals surface area contributed by atoms with Crippen LogP contribution in [0, 0.1) is 0 Å². The predicted molar refractivity (Wildman–Crippen MR) is 79.9 cm³/mol. The number of carbonyl (C=O) groups is 1. The molecule has 0 bridgehead atoms. The molecule has 0 N–H and O–H groups in total. The van der Waals surface area contributed by atoms with Crippen molar-refractivity contribution in [2.24, 2.45) is 0 Å². The van der Waals surface area contributed by atoms with Crippen molar-refractivity contribution in [3.63, 3.8) is 0 Å². The number of methoxy groups -OCH3 is 1. The molecule has 4 heteroatoms. The normalized spacial score (nSPS) is 15.9. The lowest BCUT2D eigenvalue weighted by Crippen LogP contribution is -2.49. The number of hydrogen-bond acceptors (Lipinski definition) is 3. The quantitative estimate of drug-likeness (QED) is 0.764. The van der Waals surface area contributed by atoms with Crippen LogP contribution >= 0.6 is 0 Å². The van der Waals surface area contributed by atoms with Crippen molar-refractivity contribution >= 4 is 5.91 Å². The van der Waals surface area contributed by atoms with Crippen LogP contribution in [-0.2, 0) is 11.2 Å². The SMILES string of the molecule is C=CCN1CCN(C(=O)Cc2ccccc2OC)CC1. The summed E-state index contributed by atoms with van der Waals surface area (Å²) in [4.78, 5) is 16.6. The van der Waals surface area contributed by atoms with E-state index in [2.05, 4.69) is 11.5 Å². The number of benzene rings is 1. The summed E-state index contributed by atoms with van der Waals surface area (Å²) in [7, 11) is 1.64. The smallest absolute Gasteiger partial charge is 0.227 e. The fourth-order valence-corrected chi connectivity index (χ4v) is 2.49. The number of carbonyl (C=O) groups excluding carboxylic acids is 1. The van der Waals surface area contributed by atoms with Crippen molar-refractivity contribution in [3.05, 3.63) is 42.5 Å². The molecule has 1 aliphatic heterocycles. The molecular weight excluding hydrogens is 252 g/mol. The molecule has 1 saturated heterocycles. The summed E-state index contributed by atoms with van der Waals surface area (Å²) >= 11 is 0. The summed E-state index contributed by atoms with van der Waals surface area (Å²) in [5, 5.41) is 0. The van der Waals surface area contributed by atoms with Gasteiger partial charge in [0.05, 0.1) is 13.5 Å². The average Bonchev–Trinajstić information content (AvgIpc) is 2.49. The van der Waals surface area contributed by atoms with Gasteiger partial charge < -0.3 is 9.64 Å². The van der Waals surface area contributed by atoms with Crippen LogP contribution in [0.15, 0.2) is 36.9 Å². The van der Waals surface area contributed by atoms with Gasteiger partial charge in [-0.05, 0) is 6.07 Å². The molecule has 0 unspecified atom stereocenters. The van der Waals surface area contributed by atoms with E-state index >= 15 is 0 Å². The average molecular weight is 274 g/mol. The molecule has 20 heavy (non-hydrogen) atoms. The second kappa shape index (κ2) is 7.10. The Morgan fingerprint density at radius 3 is 2.65 bits per heavy atom. The lowest BCUT2D eigenvalue weighted by atomic mass is 10.1. The van der Waals surface area contributed by atoms with Crippen LogP contribution in [-0.4, -0.2) is 55.5 Å². The first-order valence-corrected chi connectivity index (χ1v) is 6.97. The van der Waals surface area contributed by atoms with Crippen LogP contribution in [0.2, 0.25) is 0 Å². The van der Waals surface area contributed by atoms with Gasteiger partial charge in [0.2, 0.25) is 5.91 Å². The molecule has 1 heterocycles. The van der Waals surface area contributed by atoms with Gasteiger partial charge in [-0.1, -0.05) is 24.3 Å². The van der Waals surface area contributed by atoms with Crippen molar-refractivity contribution < 1.29 is 9.53 Å². The Labute approximate surface area is 120 Å². The van der Waals surface area contributed by atoms with Crippen molar-refractivity contribution in [2.45, 2.75) is 6.42 Å². The van der Waals surface area contributed by atoms with E-state index in [9.17, 15) is 4.79 Å². The van der Waals surface area contributed by atoms with Gasteiger partial charge in [-0.2, -0.15) is 0 Å². The van der Waals surface area contributed by atoms with E-state index in [0.29, 0.717) is 6.42 Å². The molecule has 0 atom stereocenters. The molecule has 108 valence electrons. The van der Waals surface area contributed by atoms with E-state index in [-0.39, 0.29) is 5.91 Å². The van der Waals surface area contributed by atoms with Crippen LogP contribution in [0.1, 0.15) is 5.56 Å². The summed E-state index contributed by atoms with van der Waals surface area (Å²) in [5.41, 5.74) is 0.952. The van der Waals surface area contributed by atoms with E-state index in [1.54, 1.807) is 7.11 Å². The van der Waals surface area contributed by atoms with Crippen molar-refractivity contribution in [1.82, 2.24) is 9.80 Å². The fourth-order valence-electron chi connectivity index (χ4n) is 2.49. The molecule has 1 aromatic carbocycles. The fraction of sp³-hybridized carbons (Fsp3) is 0.438. The molecule has 1 amide bonds. The highest BCUT2D eigenvalue weighted by molar-refractivity contribution is 5.79. The third kappa shape index (κ3) is 3.61. The van der Waals surface area contributed by atoms with Crippen molar-refractivity contribution in [1.29, 1.82) is 0 Å². The molecule has 0 radical (unpaired) electrons. The number of hydrogen-bond donors (Lipinski definition) is 0. The Hall–Kier alpha value is -1.81. The first-order valence-electron chi connectivity index (χ1n) is 6.97. The van der Waals surface area contributed by atoms with Gasteiger partial charge in [-0.3, -0.25) is 9.69 Å². The second-order valence-corrected chi connectivity index (χ2v) is 4.96. The van der Waals surface area contributed by atoms with E-state index in [1.165, 1.54) is 0 Å². The molecule has 2 rings (SSSR count). The van der Waals surface area contributed by atoms with E-state index in [4.69, 9.17) is 4.74 Å². The van der Waals surface area contributed by atoms with Crippen molar-refractivity contribution in [3.8, 4) is 5.75 Å². The summed E-state index contributed by atoms with van der Waals surface area (Å²) in [6, 6.07) is 7.70. The Morgan fingerprint density at radius 2 is 2.00 bits per heavy atom. The molecule has 4 nitrogen and oxygen atoms in total. The van der Waals surface area contributed by atoms with Crippen LogP contribution in [0.3, 0.4) is 0 Å². The van der Waals surface area contributed by atoms with Crippen LogP contribution in [0.4, 0.5) is 0 Å². The molecule has 0 spiro atoms. The first kappa shape index (κ1) is 14.6. The van der Waals surface area contributed by atoms with Gasteiger partial charge in [-0.25, -0.2) is 0 Å². The molecule has 1 fully saturated rings. The molecule has 0 saturated carbocycles. The van der Waals surface area contributed by atoms with Gasteiger partial charge in [0, 0.05) is 38.3 Å². The van der Waals surface area contributed by atoms with Crippen molar-refractivity contribution in [2.75, 3.05) is 39.8 Å². The minimum Gasteiger partial charge on any atom is -0.496 e. The van der Waals surface area contributed by atoms with Gasteiger partial charge in [0.1, 0.15) is 5.75 Å². The first-order chi connectivity index (χ1) is 9.74. The van der Waals surface area contributed by atoms with E-state index in [0.717, 1.165) is 44.0 Å². The number of para-hydroxylation sites is 1. The minimum absolute atomic E-state index is 0.174. The van der Waals surface area contributed by atoms with Gasteiger partial charge in [0.15, 0.2) is 0 Å². The Morgan fingerprint density at radius 1 is 1.30 bits per heavy atom. The maximum Gasteiger partial charge on any atom is 0.227 e. The number of ether oxygens (including phenoxy) is 1. The van der Waals surface area contributed by atoms with E-state index < -0.39 is 0 Å². The minimum atomic E-state index is 0.174. The van der Waals surface area contributed by atoms with Gasteiger partial charge >= 0.3 is 0 Å². The molecular formula is C16H22N2O2. The number of amides is 1. The number of nitrogens with zero attached hydrogens (tertiary/aromatic N) is 2. The topological polar surface area (TPSA) is 32.8 Å². The Balaban J connectivity index is 1.91. The summed E-state index contributed by atoms with van der Waals surface area (Å²) in [5.74, 6) is 0.957. The van der Waals surface area contributed by atoms with Gasteiger partial charge in [0.25, 0.3) is 0 Å². The Kier molecular flexibility index (Phi) is 5.18. The third-order valence-electron chi connectivity index (χ3n) is 3.65. The predicted octanol–water partition coefficient (Wildman–Crippen LogP) is 1.57. The zero-order valence-electron chi connectivity index (χ0n) is 12.0. The highest BCUT2D eigenvalue weighted by Gasteiger charge is 2.21. The summed E-state index contributed by atoms with van der Waals surface area (Å²) in [6.45, 7) is 8.07. The number of rotatable bonds is 5. The summed E-state index contributed by atoms with van der Waals surface area (Å²) < 4.78 is 5.29. The van der Waals surface area contributed by atoms with Crippen LogP contribution < -0.4 is 4.74 Å². The zero-order chi connectivity index (χ0) is 14.4. The highest BCUT2D eigenvalue weighted by Crippen LogP contribution is 2.18. The van der Waals surface area contributed by atoms with Crippen LogP contribution in [0.25, 0.3) is 0 Å². The summed E-state index contributed by atoms with van der Waals surface area (Å²) in [6.07, 6.45) is 2.32. The lowest BCUT2D eigenvalue weighted by Gasteiger charge is -2.34. The van der Waals surface area contributed by atoms with E-state index in [1.807, 2.05) is 35.2 Å². The largest absolute Gasteiger partial charge is 0.496 e.